The SMILES string of the molecule is Cc1ccc(CCN(CC(F)(F)F)C(=O)c2ccc(=O)[nH]n2)cc1. The van der Waals surface area contributed by atoms with E-state index < -0.39 is 24.2 Å². The maximum atomic E-state index is 12.8. The van der Waals surface area contributed by atoms with E-state index in [-0.39, 0.29) is 18.7 Å². The Hall–Kier alpha value is -2.64. The first-order chi connectivity index (χ1) is 11.2. The summed E-state index contributed by atoms with van der Waals surface area (Å²) in [6.45, 7) is 0.422. The summed E-state index contributed by atoms with van der Waals surface area (Å²) in [5.41, 5.74) is 1.10. The number of benzene rings is 1. The van der Waals surface area contributed by atoms with Gasteiger partial charge in [-0.2, -0.15) is 18.3 Å². The molecule has 1 aromatic carbocycles. The van der Waals surface area contributed by atoms with Crippen LogP contribution in [0.4, 0.5) is 13.2 Å². The van der Waals surface area contributed by atoms with Crippen LogP contribution < -0.4 is 5.56 Å². The van der Waals surface area contributed by atoms with Gasteiger partial charge in [0, 0.05) is 12.6 Å². The number of alkyl halides is 3. The quantitative estimate of drug-likeness (QED) is 0.909. The molecule has 0 aliphatic carbocycles. The van der Waals surface area contributed by atoms with Gasteiger partial charge in [-0.15, -0.1) is 0 Å². The first-order valence-corrected chi connectivity index (χ1v) is 7.22. The number of nitrogens with zero attached hydrogens (tertiary/aromatic N) is 2. The molecule has 0 aliphatic rings. The van der Waals surface area contributed by atoms with Gasteiger partial charge in [-0.05, 0) is 25.0 Å². The van der Waals surface area contributed by atoms with E-state index in [1.54, 1.807) is 0 Å². The largest absolute Gasteiger partial charge is 0.406 e. The number of halogens is 3. The van der Waals surface area contributed by atoms with Crippen molar-refractivity contribution in [2.75, 3.05) is 13.1 Å². The number of hydrogen-bond donors (Lipinski definition) is 1. The number of aromatic nitrogens is 2. The lowest BCUT2D eigenvalue weighted by atomic mass is 10.1. The Kier molecular flexibility index (Phi) is 5.38. The fourth-order valence-corrected chi connectivity index (χ4v) is 2.11. The monoisotopic (exact) mass is 339 g/mol. The van der Waals surface area contributed by atoms with Gasteiger partial charge in [-0.25, -0.2) is 5.10 Å². The van der Waals surface area contributed by atoms with Crippen molar-refractivity contribution in [2.45, 2.75) is 19.5 Å². The number of amides is 1. The predicted molar refractivity (Wildman–Crippen MR) is 81.7 cm³/mol. The van der Waals surface area contributed by atoms with E-state index >= 15 is 0 Å². The molecule has 1 aromatic heterocycles. The van der Waals surface area contributed by atoms with Crippen molar-refractivity contribution < 1.29 is 18.0 Å². The molecule has 0 unspecified atom stereocenters. The summed E-state index contributed by atoms with van der Waals surface area (Å²) < 4.78 is 38.3. The highest BCUT2D eigenvalue weighted by Crippen LogP contribution is 2.18. The number of aryl methyl sites for hydroxylation is 1. The van der Waals surface area contributed by atoms with Crippen LogP contribution in [0.2, 0.25) is 0 Å². The Morgan fingerprint density at radius 3 is 2.38 bits per heavy atom. The van der Waals surface area contributed by atoms with Gasteiger partial charge in [0.15, 0.2) is 0 Å². The van der Waals surface area contributed by atoms with Crippen LogP contribution in [-0.2, 0) is 6.42 Å². The summed E-state index contributed by atoms with van der Waals surface area (Å²) in [5, 5.41) is 5.54. The standard InChI is InChI=1S/C16H16F3N3O2/c1-11-2-4-12(5-3-11)8-9-22(10-16(17,18)19)15(24)13-6-7-14(23)21-20-13/h2-7H,8-10H2,1H3,(H,21,23). The average Bonchev–Trinajstić information content (AvgIpc) is 2.52. The minimum Gasteiger partial charge on any atom is -0.328 e. The summed E-state index contributed by atoms with van der Waals surface area (Å²) in [6.07, 6.45) is -4.24. The van der Waals surface area contributed by atoms with Crippen LogP contribution in [0.1, 0.15) is 21.6 Å². The molecular weight excluding hydrogens is 323 g/mol. The number of nitrogens with one attached hydrogen (secondary N) is 1. The zero-order valence-corrected chi connectivity index (χ0v) is 12.9. The van der Waals surface area contributed by atoms with Crippen LogP contribution >= 0.6 is 0 Å². The normalized spacial score (nSPS) is 11.3. The fraction of sp³-hybridized carbons (Fsp3) is 0.312. The van der Waals surface area contributed by atoms with Gasteiger partial charge in [-0.3, -0.25) is 9.59 Å². The molecule has 128 valence electrons. The molecular formula is C16H16F3N3O2. The Morgan fingerprint density at radius 1 is 1.17 bits per heavy atom. The number of carbonyl (C=O) groups is 1. The van der Waals surface area contributed by atoms with Gasteiger partial charge in [0.1, 0.15) is 12.2 Å². The van der Waals surface area contributed by atoms with Gasteiger partial charge in [0.2, 0.25) is 0 Å². The molecule has 0 saturated heterocycles. The van der Waals surface area contributed by atoms with E-state index in [0.29, 0.717) is 4.90 Å². The van der Waals surface area contributed by atoms with E-state index in [0.717, 1.165) is 23.3 Å². The van der Waals surface area contributed by atoms with Gasteiger partial charge in [-0.1, -0.05) is 29.8 Å². The lowest BCUT2D eigenvalue weighted by Gasteiger charge is -2.23. The third-order valence-corrected chi connectivity index (χ3v) is 3.35. The van der Waals surface area contributed by atoms with Crippen LogP contribution in [-0.4, -0.2) is 40.3 Å². The third-order valence-electron chi connectivity index (χ3n) is 3.35. The lowest BCUT2D eigenvalue weighted by molar-refractivity contribution is -0.140. The van der Waals surface area contributed by atoms with E-state index in [2.05, 4.69) is 5.10 Å². The molecule has 0 radical (unpaired) electrons. The van der Waals surface area contributed by atoms with Crippen LogP contribution in [0, 0.1) is 6.92 Å². The van der Waals surface area contributed by atoms with E-state index in [4.69, 9.17) is 0 Å². The zero-order valence-electron chi connectivity index (χ0n) is 12.9. The third kappa shape index (κ3) is 5.22. The molecule has 2 rings (SSSR count). The minimum absolute atomic E-state index is 0.109. The first kappa shape index (κ1) is 17.7. The van der Waals surface area contributed by atoms with Crippen molar-refractivity contribution in [1.82, 2.24) is 15.1 Å². The Morgan fingerprint density at radius 2 is 1.83 bits per heavy atom. The maximum absolute atomic E-state index is 12.8. The summed E-state index contributed by atoms with van der Waals surface area (Å²) >= 11 is 0. The van der Waals surface area contributed by atoms with Gasteiger partial charge < -0.3 is 4.90 Å². The smallest absolute Gasteiger partial charge is 0.328 e. The van der Waals surface area contributed by atoms with Gasteiger partial charge in [0.05, 0.1) is 0 Å². The average molecular weight is 339 g/mol. The fourth-order valence-electron chi connectivity index (χ4n) is 2.11. The number of H-pyrrole nitrogens is 1. The van der Waals surface area contributed by atoms with Crippen LogP contribution in [0.3, 0.4) is 0 Å². The summed E-state index contributed by atoms with van der Waals surface area (Å²) in [6, 6.07) is 9.49. The van der Waals surface area contributed by atoms with Crippen LogP contribution in [0.25, 0.3) is 0 Å². The second-order valence-electron chi connectivity index (χ2n) is 5.38. The highest BCUT2D eigenvalue weighted by Gasteiger charge is 2.33. The number of hydrogen-bond acceptors (Lipinski definition) is 3. The van der Waals surface area contributed by atoms with Crippen LogP contribution in [0.5, 0.6) is 0 Å². The lowest BCUT2D eigenvalue weighted by Crippen LogP contribution is -2.40. The van der Waals surface area contributed by atoms with Crippen molar-refractivity contribution in [3.63, 3.8) is 0 Å². The summed E-state index contributed by atoms with van der Waals surface area (Å²) in [7, 11) is 0. The Labute approximate surface area is 136 Å². The number of rotatable bonds is 5. The maximum Gasteiger partial charge on any atom is 0.406 e. The molecule has 1 amide bonds. The van der Waals surface area contributed by atoms with Crippen LogP contribution in [0.15, 0.2) is 41.2 Å². The number of aromatic amines is 1. The topological polar surface area (TPSA) is 66.1 Å². The molecule has 5 nitrogen and oxygen atoms in total. The molecule has 0 spiro atoms. The Bertz CT molecular complexity index is 734. The van der Waals surface area contributed by atoms with Crippen molar-refractivity contribution in [1.29, 1.82) is 0 Å². The molecule has 2 aromatic rings. The zero-order chi connectivity index (χ0) is 17.7. The first-order valence-electron chi connectivity index (χ1n) is 7.22. The van der Waals surface area contributed by atoms with Gasteiger partial charge in [0.25, 0.3) is 11.5 Å². The Balaban J connectivity index is 2.14. The van der Waals surface area contributed by atoms with E-state index in [9.17, 15) is 22.8 Å². The predicted octanol–water partition coefficient (Wildman–Crippen LogP) is 2.33. The van der Waals surface area contributed by atoms with Crippen molar-refractivity contribution in [3.05, 3.63) is 63.6 Å². The van der Waals surface area contributed by atoms with Crippen molar-refractivity contribution >= 4 is 5.91 Å². The second kappa shape index (κ2) is 7.29. The molecule has 0 saturated carbocycles. The summed E-state index contributed by atoms with van der Waals surface area (Å²) in [5.74, 6) is -0.879. The molecule has 0 atom stereocenters. The highest BCUT2D eigenvalue weighted by atomic mass is 19.4. The molecule has 1 N–H and O–H groups in total. The van der Waals surface area contributed by atoms with E-state index in [1.165, 1.54) is 0 Å². The molecule has 0 bridgehead atoms. The number of carbonyl (C=O) groups excluding carboxylic acids is 1. The van der Waals surface area contributed by atoms with Gasteiger partial charge >= 0.3 is 6.18 Å². The van der Waals surface area contributed by atoms with E-state index in [1.807, 2.05) is 36.3 Å². The molecule has 0 fully saturated rings. The molecule has 1 heterocycles. The molecule has 24 heavy (non-hydrogen) atoms. The molecule has 0 aliphatic heterocycles. The minimum atomic E-state index is -4.52. The van der Waals surface area contributed by atoms with Crippen molar-refractivity contribution in [2.24, 2.45) is 0 Å². The van der Waals surface area contributed by atoms with Crippen molar-refractivity contribution in [3.8, 4) is 0 Å². The second-order valence-corrected chi connectivity index (χ2v) is 5.38. The highest BCUT2D eigenvalue weighted by molar-refractivity contribution is 5.92. The molecule has 8 heteroatoms. The summed E-state index contributed by atoms with van der Waals surface area (Å²) in [4.78, 5) is 23.9.